The number of hydrogen-bond donors (Lipinski definition) is 1. The number of carbonyl (C=O) groups is 1. The molecule has 0 atom stereocenters. The van der Waals surface area contributed by atoms with Gasteiger partial charge in [0, 0.05) is 26.9 Å². The third-order valence-electron chi connectivity index (χ3n) is 2.45. The lowest BCUT2D eigenvalue weighted by molar-refractivity contribution is 0.217. The van der Waals surface area contributed by atoms with Crippen molar-refractivity contribution in [2.75, 3.05) is 26.9 Å². The summed E-state index contributed by atoms with van der Waals surface area (Å²) in [5, 5.41) is 2.70. The standard InChI is InChI=1S/C12H18N2O3S/c1-14(2)12(15)13-9-8-10-6-4-5-7-11(10)18(3,16)17/h4-7H,8-9H2,1-3H3,(H,13,15). The Hall–Kier alpha value is -1.56. The number of nitrogens with one attached hydrogen (secondary N) is 1. The van der Waals surface area contributed by atoms with Crippen LogP contribution in [0.2, 0.25) is 0 Å². The Morgan fingerprint density at radius 3 is 2.44 bits per heavy atom. The average Bonchev–Trinajstić information content (AvgIpc) is 2.28. The zero-order chi connectivity index (χ0) is 13.8. The summed E-state index contributed by atoms with van der Waals surface area (Å²) in [6.07, 6.45) is 1.67. The molecule has 0 aliphatic heterocycles. The highest BCUT2D eigenvalue weighted by atomic mass is 32.2. The van der Waals surface area contributed by atoms with Gasteiger partial charge in [-0.3, -0.25) is 0 Å². The molecule has 18 heavy (non-hydrogen) atoms. The van der Waals surface area contributed by atoms with Gasteiger partial charge >= 0.3 is 6.03 Å². The molecule has 0 saturated carbocycles. The summed E-state index contributed by atoms with van der Waals surface area (Å²) in [7, 11) is 0.0815. The van der Waals surface area contributed by atoms with E-state index in [1.54, 1.807) is 38.4 Å². The minimum absolute atomic E-state index is 0.188. The molecule has 2 amide bonds. The van der Waals surface area contributed by atoms with E-state index in [4.69, 9.17) is 0 Å². The summed E-state index contributed by atoms with van der Waals surface area (Å²) in [5.74, 6) is 0. The maximum Gasteiger partial charge on any atom is 0.316 e. The van der Waals surface area contributed by atoms with Crippen LogP contribution in [0.15, 0.2) is 29.2 Å². The van der Waals surface area contributed by atoms with Crippen LogP contribution in [0.25, 0.3) is 0 Å². The van der Waals surface area contributed by atoms with E-state index in [1.165, 1.54) is 11.2 Å². The predicted molar refractivity (Wildman–Crippen MR) is 70.3 cm³/mol. The van der Waals surface area contributed by atoms with E-state index in [0.29, 0.717) is 17.9 Å². The number of hydrogen-bond acceptors (Lipinski definition) is 3. The molecule has 0 aromatic heterocycles. The lowest BCUT2D eigenvalue weighted by atomic mass is 10.1. The number of urea groups is 1. The average molecular weight is 270 g/mol. The molecule has 0 bridgehead atoms. The van der Waals surface area contributed by atoms with E-state index in [0.717, 1.165) is 5.56 Å². The Kier molecular flexibility index (Phi) is 4.72. The molecule has 1 aromatic carbocycles. The molecular weight excluding hydrogens is 252 g/mol. The number of rotatable bonds is 4. The zero-order valence-corrected chi connectivity index (χ0v) is 11.6. The summed E-state index contributed by atoms with van der Waals surface area (Å²) < 4.78 is 23.1. The molecular formula is C12H18N2O3S. The van der Waals surface area contributed by atoms with Crippen LogP contribution in [-0.2, 0) is 16.3 Å². The lowest BCUT2D eigenvalue weighted by Crippen LogP contribution is -2.35. The molecule has 0 fully saturated rings. The normalized spacial score (nSPS) is 11.1. The minimum atomic E-state index is -3.22. The first-order valence-electron chi connectivity index (χ1n) is 5.55. The first kappa shape index (κ1) is 14.5. The number of amides is 2. The zero-order valence-electron chi connectivity index (χ0n) is 10.8. The molecule has 0 spiro atoms. The van der Waals surface area contributed by atoms with Gasteiger partial charge in [-0.2, -0.15) is 0 Å². The molecule has 0 aliphatic carbocycles. The fourth-order valence-electron chi connectivity index (χ4n) is 1.53. The second-order valence-corrected chi connectivity index (χ2v) is 6.24. The van der Waals surface area contributed by atoms with Gasteiger partial charge in [-0.25, -0.2) is 13.2 Å². The first-order chi connectivity index (χ1) is 8.32. The Balaban J connectivity index is 2.72. The van der Waals surface area contributed by atoms with Gasteiger partial charge in [0.1, 0.15) is 0 Å². The third kappa shape index (κ3) is 4.03. The first-order valence-corrected chi connectivity index (χ1v) is 7.44. The van der Waals surface area contributed by atoms with Crippen molar-refractivity contribution in [3.63, 3.8) is 0 Å². The van der Waals surface area contributed by atoms with Crippen molar-refractivity contribution in [1.29, 1.82) is 0 Å². The van der Waals surface area contributed by atoms with Crippen LogP contribution in [0.3, 0.4) is 0 Å². The summed E-state index contributed by atoms with van der Waals surface area (Å²) in [6.45, 7) is 0.406. The van der Waals surface area contributed by atoms with Crippen LogP contribution >= 0.6 is 0 Å². The molecule has 100 valence electrons. The highest BCUT2D eigenvalue weighted by Gasteiger charge is 2.12. The van der Waals surface area contributed by atoms with E-state index in [2.05, 4.69) is 5.32 Å². The van der Waals surface area contributed by atoms with E-state index in [-0.39, 0.29) is 6.03 Å². The van der Waals surface area contributed by atoms with Gasteiger partial charge in [-0.05, 0) is 18.1 Å². The fourth-order valence-corrected chi connectivity index (χ4v) is 2.51. The van der Waals surface area contributed by atoms with Gasteiger partial charge in [0.15, 0.2) is 9.84 Å². The second kappa shape index (κ2) is 5.86. The van der Waals surface area contributed by atoms with E-state index in [9.17, 15) is 13.2 Å². The van der Waals surface area contributed by atoms with Crippen molar-refractivity contribution in [1.82, 2.24) is 10.2 Å². The molecule has 0 saturated heterocycles. The van der Waals surface area contributed by atoms with E-state index < -0.39 is 9.84 Å². The third-order valence-corrected chi connectivity index (χ3v) is 3.65. The monoisotopic (exact) mass is 270 g/mol. The van der Waals surface area contributed by atoms with Gasteiger partial charge in [0.25, 0.3) is 0 Å². The van der Waals surface area contributed by atoms with Crippen molar-refractivity contribution >= 4 is 15.9 Å². The Labute approximate surface area is 108 Å². The molecule has 1 aromatic rings. The summed E-state index contributed by atoms with van der Waals surface area (Å²) >= 11 is 0. The van der Waals surface area contributed by atoms with Crippen LogP contribution in [0.1, 0.15) is 5.56 Å². The van der Waals surface area contributed by atoms with Crippen molar-refractivity contribution in [3.8, 4) is 0 Å². The quantitative estimate of drug-likeness (QED) is 0.884. The number of nitrogens with zero attached hydrogens (tertiary/aromatic N) is 1. The number of carbonyl (C=O) groups excluding carboxylic acids is 1. The summed E-state index contributed by atoms with van der Waals surface area (Å²) in [6, 6.07) is 6.64. The van der Waals surface area contributed by atoms with Crippen molar-refractivity contribution < 1.29 is 13.2 Å². The largest absolute Gasteiger partial charge is 0.338 e. The Bertz CT molecular complexity index is 524. The highest BCUT2D eigenvalue weighted by molar-refractivity contribution is 7.90. The molecule has 5 nitrogen and oxygen atoms in total. The topological polar surface area (TPSA) is 66.5 Å². The molecule has 1 N–H and O–H groups in total. The smallest absolute Gasteiger partial charge is 0.316 e. The predicted octanol–water partition coefficient (Wildman–Crippen LogP) is 0.904. The van der Waals surface area contributed by atoms with E-state index >= 15 is 0 Å². The molecule has 0 radical (unpaired) electrons. The van der Waals surface area contributed by atoms with Crippen LogP contribution in [0, 0.1) is 0 Å². The Morgan fingerprint density at radius 2 is 1.89 bits per heavy atom. The highest BCUT2D eigenvalue weighted by Crippen LogP contribution is 2.15. The molecule has 1 rings (SSSR count). The summed E-state index contributed by atoms with van der Waals surface area (Å²) in [4.78, 5) is 13.1. The maximum absolute atomic E-state index is 11.6. The van der Waals surface area contributed by atoms with Crippen molar-refractivity contribution in [2.24, 2.45) is 0 Å². The van der Waals surface area contributed by atoms with Crippen LogP contribution in [0.4, 0.5) is 4.79 Å². The fraction of sp³-hybridized carbons (Fsp3) is 0.417. The SMILES string of the molecule is CN(C)C(=O)NCCc1ccccc1S(C)(=O)=O. The van der Waals surface area contributed by atoms with Gasteiger partial charge in [0.2, 0.25) is 0 Å². The van der Waals surface area contributed by atoms with Crippen LogP contribution < -0.4 is 5.32 Å². The summed E-state index contributed by atoms with van der Waals surface area (Å²) in [5.41, 5.74) is 0.721. The van der Waals surface area contributed by atoms with Gasteiger partial charge < -0.3 is 10.2 Å². The van der Waals surface area contributed by atoms with Gasteiger partial charge in [-0.1, -0.05) is 18.2 Å². The number of benzene rings is 1. The van der Waals surface area contributed by atoms with Crippen LogP contribution in [-0.4, -0.2) is 46.2 Å². The van der Waals surface area contributed by atoms with Crippen LogP contribution in [0.5, 0.6) is 0 Å². The van der Waals surface area contributed by atoms with Gasteiger partial charge in [0.05, 0.1) is 4.90 Å². The molecule has 0 aliphatic rings. The molecule has 6 heteroatoms. The van der Waals surface area contributed by atoms with E-state index in [1.807, 2.05) is 0 Å². The van der Waals surface area contributed by atoms with Crippen molar-refractivity contribution in [2.45, 2.75) is 11.3 Å². The molecule has 0 unspecified atom stereocenters. The minimum Gasteiger partial charge on any atom is -0.338 e. The number of sulfone groups is 1. The lowest BCUT2D eigenvalue weighted by Gasteiger charge is -2.12. The Morgan fingerprint density at radius 1 is 1.28 bits per heavy atom. The van der Waals surface area contributed by atoms with Crippen molar-refractivity contribution in [3.05, 3.63) is 29.8 Å². The maximum atomic E-state index is 11.6. The second-order valence-electron chi connectivity index (χ2n) is 4.26. The van der Waals surface area contributed by atoms with Gasteiger partial charge in [-0.15, -0.1) is 0 Å². The molecule has 0 heterocycles.